The Labute approximate surface area is 161 Å². The fourth-order valence-corrected chi connectivity index (χ4v) is 4.27. The van der Waals surface area contributed by atoms with Gasteiger partial charge in [-0.15, -0.1) is 5.10 Å². The molecule has 1 unspecified atom stereocenters. The van der Waals surface area contributed by atoms with Crippen LogP contribution in [0.25, 0.3) is 0 Å². The first-order valence-electron chi connectivity index (χ1n) is 9.42. The molecule has 150 valence electrons. The maximum Gasteiger partial charge on any atom is 0.344 e. The van der Waals surface area contributed by atoms with Crippen LogP contribution in [0, 0.1) is 5.92 Å². The molecule has 0 spiro atoms. The Bertz CT molecular complexity index is 704. The van der Waals surface area contributed by atoms with E-state index in [0.717, 1.165) is 19.4 Å². The van der Waals surface area contributed by atoms with Crippen molar-refractivity contribution >= 4 is 23.6 Å². The Balaban J connectivity index is 1.48. The van der Waals surface area contributed by atoms with Gasteiger partial charge in [-0.2, -0.15) is 0 Å². The highest BCUT2D eigenvalue weighted by molar-refractivity contribution is 7.99. The standard InChI is InChI=1S/C17H26N4O5S/c1-2-25-15(23)12-5-7-20(8-6-12)14(22)11-27-17-19-18-16(24)21(17)10-13-4-3-9-26-13/h12-13H,2-11H2,1H3,(H,18,24). The van der Waals surface area contributed by atoms with Gasteiger partial charge >= 0.3 is 11.7 Å². The third-order valence-electron chi connectivity index (χ3n) is 4.93. The number of esters is 1. The van der Waals surface area contributed by atoms with Crippen LogP contribution < -0.4 is 5.69 Å². The fraction of sp³-hybridized carbons (Fsp3) is 0.765. The molecule has 27 heavy (non-hydrogen) atoms. The molecule has 2 fully saturated rings. The predicted octanol–water partition coefficient (Wildman–Crippen LogP) is 0.644. The van der Waals surface area contributed by atoms with Gasteiger partial charge in [0.25, 0.3) is 0 Å². The number of hydrogen-bond donors (Lipinski definition) is 1. The molecule has 0 aliphatic carbocycles. The smallest absolute Gasteiger partial charge is 0.344 e. The van der Waals surface area contributed by atoms with E-state index in [2.05, 4.69) is 10.2 Å². The van der Waals surface area contributed by atoms with Crippen molar-refractivity contribution in [1.82, 2.24) is 19.7 Å². The van der Waals surface area contributed by atoms with Crippen molar-refractivity contribution in [1.29, 1.82) is 0 Å². The number of carbonyl (C=O) groups is 2. The van der Waals surface area contributed by atoms with Crippen LogP contribution in [0.2, 0.25) is 0 Å². The molecule has 2 aliphatic heterocycles. The van der Waals surface area contributed by atoms with Crippen LogP contribution in [0.5, 0.6) is 0 Å². The van der Waals surface area contributed by atoms with E-state index in [1.165, 1.54) is 11.8 Å². The van der Waals surface area contributed by atoms with Crippen LogP contribution in [0.4, 0.5) is 0 Å². The summed E-state index contributed by atoms with van der Waals surface area (Å²) in [6, 6.07) is 0. The Kier molecular flexibility index (Phi) is 6.95. The van der Waals surface area contributed by atoms with Crippen LogP contribution in [0.1, 0.15) is 32.6 Å². The molecular formula is C17H26N4O5S. The normalized spacial score (nSPS) is 20.8. The molecule has 1 aromatic heterocycles. The average molecular weight is 398 g/mol. The zero-order valence-corrected chi connectivity index (χ0v) is 16.3. The largest absolute Gasteiger partial charge is 0.466 e. The van der Waals surface area contributed by atoms with Crippen LogP contribution in [-0.4, -0.2) is 69.7 Å². The van der Waals surface area contributed by atoms with Gasteiger partial charge in [-0.05, 0) is 32.6 Å². The lowest BCUT2D eigenvalue weighted by Crippen LogP contribution is -2.41. The number of H-pyrrole nitrogens is 1. The molecule has 2 aliphatic rings. The SMILES string of the molecule is CCOC(=O)C1CCN(C(=O)CSc2n[nH]c(=O)n2CC2CCCO2)CC1. The Morgan fingerprint density at radius 2 is 2.11 bits per heavy atom. The number of carbonyl (C=O) groups excluding carboxylic acids is 2. The summed E-state index contributed by atoms with van der Waals surface area (Å²) in [6.07, 6.45) is 3.20. The van der Waals surface area contributed by atoms with E-state index in [-0.39, 0.29) is 35.3 Å². The van der Waals surface area contributed by atoms with Crippen molar-refractivity contribution < 1.29 is 19.1 Å². The number of piperidine rings is 1. The van der Waals surface area contributed by atoms with E-state index >= 15 is 0 Å². The minimum atomic E-state index is -0.282. The van der Waals surface area contributed by atoms with Crippen LogP contribution in [0.15, 0.2) is 9.95 Å². The molecule has 0 aromatic carbocycles. The Morgan fingerprint density at radius 1 is 1.33 bits per heavy atom. The number of aromatic nitrogens is 3. The van der Waals surface area contributed by atoms with Crippen molar-refractivity contribution in [3.05, 3.63) is 10.5 Å². The van der Waals surface area contributed by atoms with Crippen molar-refractivity contribution in [3.63, 3.8) is 0 Å². The summed E-state index contributed by atoms with van der Waals surface area (Å²) in [7, 11) is 0. The number of rotatable bonds is 7. The number of ether oxygens (including phenoxy) is 2. The lowest BCUT2D eigenvalue weighted by atomic mass is 9.97. The van der Waals surface area contributed by atoms with Gasteiger partial charge in [0.15, 0.2) is 5.16 Å². The molecule has 1 atom stereocenters. The fourth-order valence-electron chi connectivity index (χ4n) is 3.41. The lowest BCUT2D eigenvalue weighted by Gasteiger charge is -2.30. The quantitative estimate of drug-likeness (QED) is 0.531. The molecule has 3 heterocycles. The van der Waals surface area contributed by atoms with Crippen LogP contribution >= 0.6 is 11.8 Å². The number of thioether (sulfide) groups is 1. The predicted molar refractivity (Wildman–Crippen MR) is 98.5 cm³/mol. The number of nitrogens with zero attached hydrogens (tertiary/aromatic N) is 3. The monoisotopic (exact) mass is 398 g/mol. The molecule has 1 amide bonds. The zero-order valence-electron chi connectivity index (χ0n) is 15.5. The summed E-state index contributed by atoms with van der Waals surface area (Å²) in [4.78, 5) is 38.0. The Hall–Kier alpha value is -1.81. The summed E-state index contributed by atoms with van der Waals surface area (Å²) in [5.41, 5.74) is -0.282. The second-order valence-electron chi connectivity index (χ2n) is 6.75. The van der Waals surface area contributed by atoms with Gasteiger partial charge in [0, 0.05) is 19.7 Å². The summed E-state index contributed by atoms with van der Waals surface area (Å²) >= 11 is 1.25. The van der Waals surface area contributed by atoms with Crippen molar-refractivity contribution in [3.8, 4) is 0 Å². The lowest BCUT2D eigenvalue weighted by molar-refractivity contribution is -0.151. The molecule has 1 N–H and O–H groups in total. The molecule has 9 nitrogen and oxygen atoms in total. The summed E-state index contributed by atoms with van der Waals surface area (Å²) in [5.74, 6) is -0.0977. The number of amides is 1. The van der Waals surface area contributed by atoms with Crippen molar-refractivity contribution in [2.45, 2.75) is 50.4 Å². The molecule has 3 rings (SSSR count). The zero-order chi connectivity index (χ0) is 19.2. The van der Waals surface area contributed by atoms with E-state index in [1.807, 2.05) is 0 Å². The number of hydrogen-bond acceptors (Lipinski definition) is 7. The second-order valence-corrected chi connectivity index (χ2v) is 7.70. The molecule has 0 bridgehead atoms. The van der Waals surface area contributed by atoms with Gasteiger partial charge in [-0.1, -0.05) is 11.8 Å². The highest BCUT2D eigenvalue weighted by Gasteiger charge is 2.28. The minimum absolute atomic E-state index is 0.0126. The third kappa shape index (κ3) is 5.13. The summed E-state index contributed by atoms with van der Waals surface area (Å²) in [6.45, 7) is 4.45. The van der Waals surface area contributed by atoms with Crippen LogP contribution in [-0.2, 0) is 25.6 Å². The van der Waals surface area contributed by atoms with Gasteiger partial charge in [-0.25, -0.2) is 9.89 Å². The van der Waals surface area contributed by atoms with Gasteiger partial charge in [-0.3, -0.25) is 14.2 Å². The summed E-state index contributed by atoms with van der Waals surface area (Å²) in [5, 5.41) is 6.99. The molecule has 2 saturated heterocycles. The van der Waals surface area contributed by atoms with Gasteiger partial charge < -0.3 is 14.4 Å². The van der Waals surface area contributed by atoms with E-state index in [9.17, 15) is 14.4 Å². The molecule has 0 radical (unpaired) electrons. The molecule has 10 heteroatoms. The number of likely N-dealkylation sites (tertiary alicyclic amines) is 1. The van der Waals surface area contributed by atoms with Crippen LogP contribution in [0.3, 0.4) is 0 Å². The Morgan fingerprint density at radius 3 is 2.78 bits per heavy atom. The first kappa shape index (κ1) is 19.9. The van der Waals surface area contributed by atoms with Crippen molar-refractivity contribution in [2.24, 2.45) is 5.92 Å². The molecule has 1 aromatic rings. The highest BCUT2D eigenvalue weighted by Crippen LogP contribution is 2.22. The topological polar surface area (TPSA) is 107 Å². The van der Waals surface area contributed by atoms with E-state index in [0.29, 0.717) is 44.2 Å². The molecular weight excluding hydrogens is 372 g/mol. The number of nitrogens with one attached hydrogen (secondary N) is 1. The van der Waals surface area contributed by atoms with Gasteiger partial charge in [0.2, 0.25) is 5.91 Å². The van der Waals surface area contributed by atoms with Gasteiger partial charge in [0.1, 0.15) is 0 Å². The third-order valence-corrected chi connectivity index (χ3v) is 5.89. The maximum absolute atomic E-state index is 12.5. The molecule has 0 saturated carbocycles. The first-order chi connectivity index (χ1) is 13.1. The highest BCUT2D eigenvalue weighted by atomic mass is 32.2. The second kappa shape index (κ2) is 9.41. The summed E-state index contributed by atoms with van der Waals surface area (Å²) < 4.78 is 12.2. The maximum atomic E-state index is 12.5. The minimum Gasteiger partial charge on any atom is -0.466 e. The average Bonchev–Trinajstić information content (AvgIpc) is 3.31. The van der Waals surface area contributed by atoms with Gasteiger partial charge in [0.05, 0.1) is 30.9 Å². The van der Waals surface area contributed by atoms with E-state index < -0.39 is 0 Å². The van der Waals surface area contributed by atoms with E-state index in [1.54, 1.807) is 16.4 Å². The van der Waals surface area contributed by atoms with Crippen molar-refractivity contribution in [2.75, 3.05) is 32.1 Å². The first-order valence-corrected chi connectivity index (χ1v) is 10.4. The number of aromatic amines is 1. The van der Waals surface area contributed by atoms with E-state index in [4.69, 9.17) is 9.47 Å².